The molecule has 0 spiro atoms. The SMILES string of the molecule is Fc1ccc(CNCc2cncs2)c(Cl)c1. The highest BCUT2D eigenvalue weighted by atomic mass is 35.5. The molecule has 0 saturated heterocycles. The van der Waals surface area contributed by atoms with Gasteiger partial charge in [-0.3, -0.25) is 4.98 Å². The van der Waals surface area contributed by atoms with Gasteiger partial charge in [-0.1, -0.05) is 17.7 Å². The van der Waals surface area contributed by atoms with Crippen LogP contribution in [0.4, 0.5) is 4.39 Å². The summed E-state index contributed by atoms with van der Waals surface area (Å²) in [5.41, 5.74) is 2.69. The summed E-state index contributed by atoms with van der Waals surface area (Å²) in [5.74, 6) is -0.309. The highest BCUT2D eigenvalue weighted by Crippen LogP contribution is 2.17. The maximum absolute atomic E-state index is 12.8. The molecule has 1 N–H and O–H groups in total. The molecule has 0 atom stereocenters. The second-order valence-corrected chi connectivity index (χ2v) is 4.69. The molecular formula is C11H10ClFN2S. The molecule has 2 aromatic rings. The number of hydrogen-bond acceptors (Lipinski definition) is 3. The molecular weight excluding hydrogens is 247 g/mol. The highest BCUT2D eigenvalue weighted by molar-refractivity contribution is 7.09. The summed E-state index contributed by atoms with van der Waals surface area (Å²) in [7, 11) is 0. The Hall–Kier alpha value is -0.970. The van der Waals surface area contributed by atoms with Crippen LogP contribution < -0.4 is 5.32 Å². The quantitative estimate of drug-likeness (QED) is 0.909. The Balaban J connectivity index is 1.90. The van der Waals surface area contributed by atoms with E-state index in [-0.39, 0.29) is 5.82 Å². The number of thiazole rings is 1. The van der Waals surface area contributed by atoms with Crippen molar-refractivity contribution in [1.82, 2.24) is 10.3 Å². The van der Waals surface area contributed by atoms with Gasteiger partial charge < -0.3 is 5.32 Å². The third-order valence-electron chi connectivity index (χ3n) is 2.11. The Morgan fingerprint density at radius 3 is 2.94 bits per heavy atom. The summed E-state index contributed by atoms with van der Waals surface area (Å²) in [4.78, 5) is 5.14. The van der Waals surface area contributed by atoms with E-state index in [1.54, 1.807) is 22.9 Å². The molecule has 1 heterocycles. The van der Waals surface area contributed by atoms with E-state index in [4.69, 9.17) is 11.6 Å². The van der Waals surface area contributed by atoms with Crippen molar-refractivity contribution < 1.29 is 4.39 Å². The van der Waals surface area contributed by atoms with Gasteiger partial charge in [0.05, 0.1) is 5.51 Å². The summed E-state index contributed by atoms with van der Waals surface area (Å²) in [5, 5.41) is 3.68. The van der Waals surface area contributed by atoms with Gasteiger partial charge >= 0.3 is 0 Å². The topological polar surface area (TPSA) is 24.9 Å². The van der Waals surface area contributed by atoms with Gasteiger partial charge in [0, 0.05) is 29.2 Å². The Bertz CT molecular complexity index is 459. The number of nitrogens with zero attached hydrogens (tertiary/aromatic N) is 1. The van der Waals surface area contributed by atoms with E-state index in [0.29, 0.717) is 11.6 Å². The number of aromatic nitrogens is 1. The first-order valence-electron chi connectivity index (χ1n) is 4.78. The van der Waals surface area contributed by atoms with Crippen molar-refractivity contribution >= 4 is 22.9 Å². The lowest BCUT2D eigenvalue weighted by molar-refractivity contribution is 0.625. The van der Waals surface area contributed by atoms with E-state index < -0.39 is 0 Å². The zero-order chi connectivity index (χ0) is 11.4. The molecule has 5 heteroatoms. The van der Waals surface area contributed by atoms with Gasteiger partial charge in [-0.05, 0) is 17.7 Å². The van der Waals surface area contributed by atoms with Crippen LogP contribution in [0, 0.1) is 5.82 Å². The standard InChI is InChI=1S/C11H10ClFN2S/c12-11-3-9(13)2-1-8(11)4-14-5-10-6-15-7-16-10/h1-3,6-7,14H,4-5H2. The molecule has 1 aromatic heterocycles. The molecule has 0 aliphatic rings. The van der Waals surface area contributed by atoms with Gasteiger partial charge in [0.1, 0.15) is 5.82 Å². The fraction of sp³-hybridized carbons (Fsp3) is 0.182. The van der Waals surface area contributed by atoms with Crippen molar-refractivity contribution in [3.05, 3.63) is 51.2 Å². The zero-order valence-corrected chi connectivity index (χ0v) is 9.98. The Morgan fingerprint density at radius 2 is 2.25 bits per heavy atom. The minimum atomic E-state index is -0.309. The van der Waals surface area contributed by atoms with Gasteiger partial charge in [-0.15, -0.1) is 11.3 Å². The van der Waals surface area contributed by atoms with E-state index >= 15 is 0 Å². The Kier molecular flexibility index (Phi) is 3.88. The lowest BCUT2D eigenvalue weighted by atomic mass is 10.2. The lowest BCUT2D eigenvalue weighted by Crippen LogP contribution is -2.12. The van der Waals surface area contributed by atoms with Gasteiger partial charge in [0.25, 0.3) is 0 Å². The van der Waals surface area contributed by atoms with Gasteiger partial charge in [0.2, 0.25) is 0 Å². The molecule has 0 unspecified atom stereocenters. The number of rotatable bonds is 4. The molecule has 0 radical (unpaired) electrons. The third-order valence-corrected chi connectivity index (χ3v) is 3.24. The molecule has 0 aliphatic heterocycles. The largest absolute Gasteiger partial charge is 0.308 e. The van der Waals surface area contributed by atoms with Crippen LogP contribution in [-0.4, -0.2) is 4.98 Å². The number of benzene rings is 1. The van der Waals surface area contributed by atoms with Crippen LogP contribution in [0.3, 0.4) is 0 Å². The van der Waals surface area contributed by atoms with Crippen molar-refractivity contribution in [2.24, 2.45) is 0 Å². The smallest absolute Gasteiger partial charge is 0.124 e. The van der Waals surface area contributed by atoms with Crippen LogP contribution in [0.15, 0.2) is 29.9 Å². The van der Waals surface area contributed by atoms with Crippen LogP contribution in [0.2, 0.25) is 5.02 Å². The van der Waals surface area contributed by atoms with E-state index in [9.17, 15) is 4.39 Å². The highest BCUT2D eigenvalue weighted by Gasteiger charge is 2.01. The molecule has 0 aliphatic carbocycles. The molecule has 16 heavy (non-hydrogen) atoms. The molecule has 2 nitrogen and oxygen atoms in total. The van der Waals surface area contributed by atoms with Crippen LogP contribution in [-0.2, 0) is 13.1 Å². The maximum atomic E-state index is 12.8. The summed E-state index contributed by atoms with van der Waals surface area (Å²) < 4.78 is 12.8. The summed E-state index contributed by atoms with van der Waals surface area (Å²) in [6.07, 6.45) is 1.82. The Morgan fingerprint density at radius 1 is 1.38 bits per heavy atom. The van der Waals surface area contributed by atoms with Crippen molar-refractivity contribution in [2.45, 2.75) is 13.1 Å². The minimum Gasteiger partial charge on any atom is -0.308 e. The molecule has 84 valence electrons. The summed E-state index contributed by atoms with van der Waals surface area (Å²) in [6, 6.07) is 4.43. The molecule has 2 rings (SSSR count). The van der Waals surface area contributed by atoms with Gasteiger partial charge in [0.15, 0.2) is 0 Å². The molecule has 0 bridgehead atoms. The second-order valence-electron chi connectivity index (χ2n) is 3.31. The summed E-state index contributed by atoms with van der Waals surface area (Å²) in [6.45, 7) is 1.37. The predicted molar refractivity (Wildman–Crippen MR) is 64.1 cm³/mol. The molecule has 0 saturated carbocycles. The lowest BCUT2D eigenvalue weighted by Gasteiger charge is -2.05. The van der Waals surface area contributed by atoms with Crippen molar-refractivity contribution in [3.63, 3.8) is 0 Å². The average Bonchev–Trinajstić information content (AvgIpc) is 2.74. The predicted octanol–water partition coefficient (Wildman–Crippen LogP) is 3.23. The van der Waals surface area contributed by atoms with E-state index in [1.165, 1.54) is 17.0 Å². The van der Waals surface area contributed by atoms with Crippen LogP contribution in [0.25, 0.3) is 0 Å². The first kappa shape index (κ1) is 11.5. The number of hydrogen-bond donors (Lipinski definition) is 1. The molecule has 0 fully saturated rings. The van der Waals surface area contributed by atoms with Crippen LogP contribution in [0.5, 0.6) is 0 Å². The normalized spacial score (nSPS) is 10.6. The summed E-state index contributed by atoms with van der Waals surface area (Å²) >= 11 is 7.50. The van der Waals surface area contributed by atoms with E-state index in [1.807, 2.05) is 6.20 Å². The number of nitrogens with one attached hydrogen (secondary N) is 1. The van der Waals surface area contributed by atoms with Crippen molar-refractivity contribution in [2.75, 3.05) is 0 Å². The average molecular weight is 257 g/mol. The van der Waals surface area contributed by atoms with Gasteiger partial charge in [-0.2, -0.15) is 0 Å². The minimum absolute atomic E-state index is 0.309. The van der Waals surface area contributed by atoms with E-state index in [0.717, 1.165) is 12.1 Å². The monoisotopic (exact) mass is 256 g/mol. The van der Waals surface area contributed by atoms with Gasteiger partial charge in [-0.25, -0.2) is 4.39 Å². The fourth-order valence-corrected chi connectivity index (χ4v) is 2.11. The zero-order valence-electron chi connectivity index (χ0n) is 8.41. The Labute approximate surface area is 102 Å². The third kappa shape index (κ3) is 3.01. The number of halogens is 2. The maximum Gasteiger partial charge on any atom is 0.124 e. The van der Waals surface area contributed by atoms with E-state index in [2.05, 4.69) is 10.3 Å². The van der Waals surface area contributed by atoms with Crippen molar-refractivity contribution in [1.29, 1.82) is 0 Å². The molecule has 1 aromatic carbocycles. The molecule has 0 amide bonds. The second kappa shape index (κ2) is 5.39. The van der Waals surface area contributed by atoms with Crippen LogP contribution >= 0.6 is 22.9 Å². The fourth-order valence-electron chi connectivity index (χ4n) is 1.31. The first-order valence-corrected chi connectivity index (χ1v) is 6.03. The van der Waals surface area contributed by atoms with Crippen LogP contribution in [0.1, 0.15) is 10.4 Å². The van der Waals surface area contributed by atoms with Crippen molar-refractivity contribution in [3.8, 4) is 0 Å². The first-order chi connectivity index (χ1) is 7.75.